The van der Waals surface area contributed by atoms with Crippen LogP contribution in [0.2, 0.25) is 0 Å². The van der Waals surface area contributed by atoms with E-state index in [-0.39, 0.29) is 5.91 Å². The molecule has 0 fully saturated rings. The number of aromatic nitrogens is 5. The average molecular weight is 447 g/mol. The highest BCUT2D eigenvalue weighted by molar-refractivity contribution is 8.00. The summed E-state index contributed by atoms with van der Waals surface area (Å²) in [6.07, 6.45) is 0. The van der Waals surface area contributed by atoms with Crippen molar-refractivity contribution in [1.82, 2.24) is 24.6 Å². The van der Waals surface area contributed by atoms with Gasteiger partial charge in [0.2, 0.25) is 11.1 Å². The number of halogens is 2. The molecular weight excluding hydrogens is 430 g/mol. The van der Waals surface area contributed by atoms with Gasteiger partial charge in [0, 0.05) is 22.3 Å². The lowest BCUT2D eigenvalue weighted by molar-refractivity contribution is -0.115. The predicted octanol–water partition coefficient (Wildman–Crippen LogP) is 4.26. The fourth-order valence-corrected chi connectivity index (χ4v) is 4.20. The molecule has 3 aromatic heterocycles. The Hall–Kier alpha value is -2.92. The lowest BCUT2D eigenvalue weighted by Gasteiger charge is -2.07. The third-order valence-electron chi connectivity index (χ3n) is 4.20. The van der Waals surface area contributed by atoms with Gasteiger partial charge in [-0.05, 0) is 45.0 Å². The second kappa shape index (κ2) is 8.07. The minimum Gasteiger partial charge on any atom is -0.301 e. The van der Waals surface area contributed by atoms with E-state index in [0.717, 1.165) is 23.5 Å². The summed E-state index contributed by atoms with van der Waals surface area (Å²) in [5.74, 6) is -1.66. The molecule has 0 aliphatic heterocycles. The fraction of sp³-hybridized carbons (Fsp3) is 0.211. The number of aryl methyl sites for hydroxylation is 2. The average Bonchev–Trinajstić information content (AvgIpc) is 3.31. The van der Waals surface area contributed by atoms with Gasteiger partial charge in [0.25, 0.3) is 5.78 Å². The molecule has 1 N–H and O–H groups in total. The van der Waals surface area contributed by atoms with Gasteiger partial charge in [-0.2, -0.15) is 4.98 Å². The van der Waals surface area contributed by atoms with Gasteiger partial charge in [0.1, 0.15) is 0 Å². The van der Waals surface area contributed by atoms with Crippen molar-refractivity contribution in [1.29, 1.82) is 0 Å². The molecule has 0 spiro atoms. The monoisotopic (exact) mass is 446 g/mol. The number of thiazole rings is 1. The number of nitrogens with one attached hydrogen (secondary N) is 1. The van der Waals surface area contributed by atoms with Gasteiger partial charge in [0.15, 0.2) is 16.8 Å². The zero-order chi connectivity index (χ0) is 21.4. The minimum absolute atomic E-state index is 0.272. The van der Waals surface area contributed by atoms with Gasteiger partial charge in [-0.3, -0.25) is 4.79 Å². The molecule has 1 unspecified atom stereocenters. The Kier molecular flexibility index (Phi) is 5.48. The summed E-state index contributed by atoms with van der Waals surface area (Å²) in [5.41, 5.74) is 2.63. The van der Waals surface area contributed by atoms with Crippen LogP contribution in [0, 0.1) is 25.5 Å². The summed E-state index contributed by atoms with van der Waals surface area (Å²) >= 11 is 2.41. The topological polar surface area (TPSA) is 85.1 Å². The molecule has 0 saturated carbocycles. The van der Waals surface area contributed by atoms with Gasteiger partial charge >= 0.3 is 0 Å². The summed E-state index contributed by atoms with van der Waals surface area (Å²) in [6, 6.07) is 5.45. The highest BCUT2D eigenvalue weighted by Gasteiger charge is 2.19. The molecule has 1 aromatic carbocycles. The number of carbonyl (C=O) groups excluding carboxylic acids is 1. The van der Waals surface area contributed by atoms with Crippen LogP contribution in [0.25, 0.3) is 17.0 Å². The van der Waals surface area contributed by atoms with Crippen LogP contribution in [0.15, 0.2) is 34.8 Å². The first-order valence-electron chi connectivity index (χ1n) is 8.89. The molecule has 4 aromatic rings. The van der Waals surface area contributed by atoms with Crippen LogP contribution in [-0.2, 0) is 4.79 Å². The van der Waals surface area contributed by atoms with Crippen molar-refractivity contribution >= 4 is 39.9 Å². The minimum atomic E-state index is -0.948. The highest BCUT2D eigenvalue weighted by Crippen LogP contribution is 2.27. The lowest BCUT2D eigenvalue weighted by Crippen LogP contribution is -2.22. The molecule has 0 bridgehead atoms. The Balaban J connectivity index is 1.44. The van der Waals surface area contributed by atoms with E-state index in [4.69, 9.17) is 0 Å². The van der Waals surface area contributed by atoms with Crippen LogP contribution >= 0.6 is 23.1 Å². The number of rotatable bonds is 5. The summed E-state index contributed by atoms with van der Waals surface area (Å²) < 4.78 is 28.2. The summed E-state index contributed by atoms with van der Waals surface area (Å²) in [6.45, 7) is 5.53. The second-order valence-corrected chi connectivity index (χ2v) is 8.73. The maximum absolute atomic E-state index is 13.4. The van der Waals surface area contributed by atoms with Crippen LogP contribution in [0.3, 0.4) is 0 Å². The van der Waals surface area contributed by atoms with Crippen molar-refractivity contribution < 1.29 is 13.6 Å². The molecule has 1 atom stereocenters. The Morgan fingerprint density at radius 2 is 1.97 bits per heavy atom. The van der Waals surface area contributed by atoms with Crippen LogP contribution < -0.4 is 5.32 Å². The van der Waals surface area contributed by atoms with E-state index in [0.29, 0.717) is 27.3 Å². The fourth-order valence-electron chi connectivity index (χ4n) is 2.74. The third kappa shape index (κ3) is 4.17. The number of carbonyl (C=O) groups is 1. The smallest absolute Gasteiger partial charge is 0.253 e. The zero-order valence-corrected chi connectivity index (χ0v) is 17.8. The standard InChI is InChI=1S/C19H16F2N6OS2/c1-9-6-10(2)27-17(22-9)25-19(26-27)30-11(3)16(28)24-18-23-15(8-29-18)12-4-5-13(20)14(21)7-12/h4-8,11H,1-3H3,(H,23,24,28). The van der Waals surface area contributed by atoms with Gasteiger partial charge in [0.05, 0.1) is 10.9 Å². The molecule has 11 heteroatoms. The van der Waals surface area contributed by atoms with E-state index in [1.54, 1.807) is 16.8 Å². The first-order chi connectivity index (χ1) is 14.3. The van der Waals surface area contributed by atoms with E-state index in [9.17, 15) is 13.6 Å². The third-order valence-corrected chi connectivity index (χ3v) is 5.91. The number of fused-ring (bicyclic) bond motifs is 1. The number of thioether (sulfide) groups is 1. The molecule has 0 saturated heterocycles. The molecule has 3 heterocycles. The van der Waals surface area contributed by atoms with Crippen molar-refractivity contribution in [3.8, 4) is 11.3 Å². The van der Waals surface area contributed by atoms with E-state index in [1.807, 2.05) is 19.9 Å². The molecule has 0 aliphatic rings. The van der Waals surface area contributed by atoms with Gasteiger partial charge < -0.3 is 5.32 Å². The second-order valence-electron chi connectivity index (χ2n) is 6.56. The maximum atomic E-state index is 13.4. The predicted molar refractivity (Wildman–Crippen MR) is 112 cm³/mol. The van der Waals surface area contributed by atoms with Crippen LogP contribution in [0.5, 0.6) is 0 Å². The number of hydrogen-bond acceptors (Lipinski definition) is 7. The molecule has 7 nitrogen and oxygen atoms in total. The van der Waals surface area contributed by atoms with Crippen molar-refractivity contribution in [2.24, 2.45) is 0 Å². The van der Waals surface area contributed by atoms with Gasteiger partial charge in [-0.1, -0.05) is 11.8 Å². The van der Waals surface area contributed by atoms with E-state index in [1.165, 1.54) is 29.2 Å². The van der Waals surface area contributed by atoms with Crippen molar-refractivity contribution in [2.45, 2.75) is 31.2 Å². The van der Waals surface area contributed by atoms with Crippen LogP contribution in [0.4, 0.5) is 13.9 Å². The maximum Gasteiger partial charge on any atom is 0.253 e. The molecule has 1 amide bonds. The van der Waals surface area contributed by atoms with E-state index >= 15 is 0 Å². The molecular formula is C19H16F2N6OS2. The number of hydrogen-bond donors (Lipinski definition) is 1. The van der Waals surface area contributed by atoms with Crippen molar-refractivity contribution in [2.75, 3.05) is 5.32 Å². The van der Waals surface area contributed by atoms with Crippen molar-refractivity contribution in [3.05, 3.63) is 52.7 Å². The molecule has 4 rings (SSSR count). The first-order valence-corrected chi connectivity index (χ1v) is 10.7. The lowest BCUT2D eigenvalue weighted by atomic mass is 10.2. The summed E-state index contributed by atoms with van der Waals surface area (Å²) in [7, 11) is 0. The first kappa shape index (κ1) is 20.4. The summed E-state index contributed by atoms with van der Waals surface area (Å²) in [4.78, 5) is 25.5. The van der Waals surface area contributed by atoms with Gasteiger partial charge in [-0.25, -0.2) is 23.3 Å². The van der Waals surface area contributed by atoms with E-state index < -0.39 is 16.9 Å². The number of nitrogens with zero attached hydrogens (tertiary/aromatic N) is 5. The number of benzene rings is 1. The largest absolute Gasteiger partial charge is 0.301 e. The molecule has 30 heavy (non-hydrogen) atoms. The van der Waals surface area contributed by atoms with Crippen LogP contribution in [0.1, 0.15) is 18.3 Å². The quantitative estimate of drug-likeness (QED) is 0.461. The van der Waals surface area contributed by atoms with E-state index in [2.05, 4.69) is 25.4 Å². The Morgan fingerprint density at radius 1 is 1.17 bits per heavy atom. The van der Waals surface area contributed by atoms with Crippen LogP contribution in [-0.4, -0.2) is 35.7 Å². The molecule has 154 valence electrons. The number of anilines is 1. The Bertz CT molecular complexity index is 1260. The molecule has 0 aliphatic carbocycles. The Labute approximate surface area is 178 Å². The van der Waals surface area contributed by atoms with Gasteiger partial charge in [-0.15, -0.1) is 16.4 Å². The number of amides is 1. The summed E-state index contributed by atoms with van der Waals surface area (Å²) in [5, 5.41) is 9.11. The highest BCUT2D eigenvalue weighted by atomic mass is 32.2. The normalized spacial score (nSPS) is 12.3. The van der Waals surface area contributed by atoms with Crippen molar-refractivity contribution in [3.63, 3.8) is 0 Å². The Morgan fingerprint density at radius 3 is 2.73 bits per heavy atom. The SMILES string of the molecule is Cc1cc(C)n2nc(SC(C)C(=O)Nc3nc(-c4ccc(F)c(F)c4)cs3)nc2n1. The molecule has 0 radical (unpaired) electrons. The zero-order valence-electron chi connectivity index (χ0n) is 16.2.